The highest BCUT2D eigenvalue weighted by atomic mass is 35.5. The largest absolute Gasteiger partial charge is 0.398 e. The molecule has 0 aliphatic rings. The number of rotatable bonds is 4. The quantitative estimate of drug-likeness (QED) is 0.446. The van der Waals surface area contributed by atoms with Crippen molar-refractivity contribution >= 4 is 46.3 Å². The van der Waals surface area contributed by atoms with E-state index < -0.39 is 5.91 Å². The number of nitriles is 1. The van der Waals surface area contributed by atoms with E-state index in [1.807, 2.05) is 0 Å². The van der Waals surface area contributed by atoms with Crippen molar-refractivity contribution in [2.45, 2.75) is 0 Å². The fourth-order valence-electron chi connectivity index (χ4n) is 1.58. The number of carbonyl (C=O) groups excluding carboxylic acids is 1. The lowest BCUT2D eigenvalue weighted by Crippen LogP contribution is -2.14. The van der Waals surface area contributed by atoms with Gasteiger partial charge in [0.1, 0.15) is 17.5 Å². The van der Waals surface area contributed by atoms with Crippen molar-refractivity contribution in [1.29, 1.82) is 5.26 Å². The van der Waals surface area contributed by atoms with Gasteiger partial charge >= 0.3 is 0 Å². The summed E-state index contributed by atoms with van der Waals surface area (Å²) < 4.78 is 0. The Labute approximate surface area is 142 Å². The van der Waals surface area contributed by atoms with Crippen LogP contribution in [0.5, 0.6) is 0 Å². The highest BCUT2D eigenvalue weighted by molar-refractivity contribution is 6.33. The summed E-state index contributed by atoms with van der Waals surface area (Å²) in [4.78, 5) is 16.1. The van der Waals surface area contributed by atoms with Crippen molar-refractivity contribution in [3.63, 3.8) is 0 Å². The van der Waals surface area contributed by atoms with Gasteiger partial charge in [-0.25, -0.2) is 4.98 Å². The minimum Gasteiger partial charge on any atom is -0.398 e. The molecule has 0 saturated heterocycles. The van der Waals surface area contributed by atoms with Gasteiger partial charge in [-0.15, -0.1) is 0 Å². The summed E-state index contributed by atoms with van der Waals surface area (Å²) in [6.07, 6.45) is 2.74. The van der Waals surface area contributed by atoms with Crippen molar-refractivity contribution in [2.75, 3.05) is 16.4 Å². The number of nitrogens with one attached hydrogen (secondary N) is 2. The van der Waals surface area contributed by atoms with E-state index in [0.29, 0.717) is 27.2 Å². The van der Waals surface area contributed by atoms with Gasteiger partial charge in [0.05, 0.1) is 10.7 Å². The summed E-state index contributed by atoms with van der Waals surface area (Å²) in [5, 5.41) is 15.2. The lowest BCUT2D eigenvalue weighted by Gasteiger charge is -2.06. The maximum atomic E-state index is 12.1. The molecule has 116 valence electrons. The number of halogens is 2. The van der Waals surface area contributed by atoms with Gasteiger partial charge in [0.25, 0.3) is 5.91 Å². The molecule has 1 heterocycles. The number of hydrogen-bond donors (Lipinski definition) is 3. The molecule has 4 N–H and O–H groups in total. The Morgan fingerprint density at radius 1 is 1.30 bits per heavy atom. The molecule has 0 bridgehead atoms. The second-order valence-electron chi connectivity index (χ2n) is 4.36. The smallest absolute Gasteiger partial charge is 0.267 e. The van der Waals surface area contributed by atoms with E-state index in [1.54, 1.807) is 30.3 Å². The first-order chi connectivity index (χ1) is 11.0. The molecular formula is C15H11Cl2N5O. The monoisotopic (exact) mass is 347 g/mol. The van der Waals surface area contributed by atoms with Crippen LogP contribution in [0, 0.1) is 11.3 Å². The molecular weight excluding hydrogens is 337 g/mol. The molecule has 1 aromatic carbocycles. The van der Waals surface area contributed by atoms with Crippen LogP contribution >= 0.6 is 23.2 Å². The van der Waals surface area contributed by atoms with Crippen molar-refractivity contribution in [3.8, 4) is 6.07 Å². The fraction of sp³-hybridized carbons (Fsp3) is 0. The van der Waals surface area contributed by atoms with Gasteiger partial charge in [0.15, 0.2) is 0 Å². The second-order valence-corrected chi connectivity index (χ2v) is 5.21. The minimum atomic E-state index is -0.595. The molecule has 23 heavy (non-hydrogen) atoms. The van der Waals surface area contributed by atoms with Crippen molar-refractivity contribution in [2.24, 2.45) is 0 Å². The number of anilines is 3. The lowest BCUT2D eigenvalue weighted by atomic mass is 10.2. The Kier molecular flexibility index (Phi) is 5.41. The molecule has 1 aromatic heterocycles. The molecule has 6 nitrogen and oxygen atoms in total. The molecule has 2 rings (SSSR count). The van der Waals surface area contributed by atoms with Gasteiger partial charge in [0.2, 0.25) is 0 Å². The number of benzene rings is 1. The maximum absolute atomic E-state index is 12.1. The number of amides is 1. The van der Waals surface area contributed by atoms with E-state index in [4.69, 9.17) is 34.2 Å². The summed E-state index contributed by atoms with van der Waals surface area (Å²) >= 11 is 11.7. The standard InChI is InChI=1S/C15H11Cl2N5O/c16-10-3-4-20-14(5-10)21-8-9(7-18)15(23)22-11-1-2-13(19)12(17)6-11/h1-6,8H,19H2,(H,20,21)(H,22,23)/b9-8-. The number of aromatic nitrogens is 1. The molecule has 0 aliphatic heterocycles. The first-order valence-electron chi connectivity index (χ1n) is 6.34. The average Bonchev–Trinajstić information content (AvgIpc) is 2.51. The van der Waals surface area contributed by atoms with Gasteiger partial charge in [-0.3, -0.25) is 4.79 Å². The number of nitrogen functional groups attached to an aromatic ring is 1. The molecule has 0 spiro atoms. The SMILES string of the molecule is N#C/C(=C/Nc1cc(Cl)ccn1)C(=O)Nc1ccc(N)c(Cl)c1. The highest BCUT2D eigenvalue weighted by Gasteiger charge is 2.10. The third-order valence-electron chi connectivity index (χ3n) is 2.71. The third kappa shape index (κ3) is 4.61. The number of carbonyl (C=O) groups is 1. The number of nitrogens with two attached hydrogens (primary N) is 1. The Balaban J connectivity index is 2.10. The molecule has 1 amide bonds. The van der Waals surface area contributed by atoms with E-state index in [1.165, 1.54) is 18.5 Å². The van der Waals surface area contributed by atoms with Crippen molar-refractivity contribution in [3.05, 3.63) is 58.3 Å². The van der Waals surface area contributed by atoms with E-state index in [0.717, 1.165) is 0 Å². The molecule has 8 heteroatoms. The van der Waals surface area contributed by atoms with E-state index in [-0.39, 0.29) is 5.57 Å². The summed E-state index contributed by atoms with van der Waals surface area (Å²) in [5.74, 6) is -0.184. The average molecular weight is 348 g/mol. The van der Waals surface area contributed by atoms with Crippen molar-refractivity contribution < 1.29 is 4.79 Å². The minimum absolute atomic E-state index is 0.139. The van der Waals surface area contributed by atoms with Crippen LogP contribution in [0.25, 0.3) is 0 Å². The van der Waals surface area contributed by atoms with Crippen LogP contribution in [0.3, 0.4) is 0 Å². The maximum Gasteiger partial charge on any atom is 0.267 e. The van der Waals surface area contributed by atoms with Gasteiger partial charge in [-0.05, 0) is 30.3 Å². The molecule has 0 unspecified atom stereocenters. The Morgan fingerprint density at radius 3 is 2.74 bits per heavy atom. The highest BCUT2D eigenvalue weighted by Crippen LogP contribution is 2.22. The Morgan fingerprint density at radius 2 is 2.09 bits per heavy atom. The van der Waals surface area contributed by atoms with Crippen LogP contribution in [-0.4, -0.2) is 10.9 Å². The normalized spacial score (nSPS) is 10.7. The number of hydrogen-bond acceptors (Lipinski definition) is 5. The van der Waals surface area contributed by atoms with E-state index >= 15 is 0 Å². The number of pyridine rings is 1. The fourth-order valence-corrected chi connectivity index (χ4v) is 1.92. The Bertz CT molecular complexity index is 814. The summed E-state index contributed by atoms with van der Waals surface area (Å²) in [6, 6.07) is 9.61. The predicted molar refractivity (Wildman–Crippen MR) is 91.1 cm³/mol. The van der Waals surface area contributed by atoms with Gasteiger partial charge in [-0.1, -0.05) is 23.2 Å². The number of nitrogens with zero attached hydrogens (tertiary/aromatic N) is 2. The predicted octanol–water partition coefficient (Wildman–Crippen LogP) is 3.43. The van der Waals surface area contributed by atoms with Crippen LogP contribution in [-0.2, 0) is 4.79 Å². The van der Waals surface area contributed by atoms with Crippen LogP contribution < -0.4 is 16.4 Å². The molecule has 2 aromatic rings. The van der Waals surface area contributed by atoms with Crippen LogP contribution in [0.1, 0.15) is 0 Å². The van der Waals surface area contributed by atoms with Gasteiger partial charge in [-0.2, -0.15) is 5.26 Å². The van der Waals surface area contributed by atoms with Crippen LogP contribution in [0.4, 0.5) is 17.2 Å². The molecule has 0 radical (unpaired) electrons. The van der Waals surface area contributed by atoms with E-state index in [2.05, 4.69) is 15.6 Å². The molecule has 0 fully saturated rings. The first kappa shape index (κ1) is 16.6. The third-order valence-corrected chi connectivity index (χ3v) is 3.27. The Hall–Kier alpha value is -2.75. The molecule has 0 atom stereocenters. The van der Waals surface area contributed by atoms with Crippen molar-refractivity contribution in [1.82, 2.24) is 4.98 Å². The van der Waals surface area contributed by atoms with Gasteiger partial charge < -0.3 is 16.4 Å². The summed E-state index contributed by atoms with van der Waals surface area (Å²) in [6.45, 7) is 0. The van der Waals surface area contributed by atoms with Crippen LogP contribution in [0.15, 0.2) is 48.3 Å². The second kappa shape index (κ2) is 7.49. The molecule has 0 aliphatic carbocycles. The van der Waals surface area contributed by atoms with Crippen LogP contribution in [0.2, 0.25) is 10.0 Å². The summed E-state index contributed by atoms with van der Waals surface area (Å²) in [7, 11) is 0. The first-order valence-corrected chi connectivity index (χ1v) is 7.10. The molecule has 0 saturated carbocycles. The topological polar surface area (TPSA) is 104 Å². The van der Waals surface area contributed by atoms with E-state index in [9.17, 15) is 4.79 Å². The summed E-state index contributed by atoms with van der Waals surface area (Å²) in [5.41, 5.74) is 6.28. The zero-order valence-corrected chi connectivity index (χ0v) is 13.2. The lowest BCUT2D eigenvalue weighted by molar-refractivity contribution is -0.112. The zero-order chi connectivity index (χ0) is 16.8. The van der Waals surface area contributed by atoms with Gasteiger partial charge in [0, 0.05) is 23.1 Å². The zero-order valence-electron chi connectivity index (χ0n) is 11.7.